The molecule has 2 N–H and O–H groups in total. The van der Waals surface area contributed by atoms with Crippen molar-refractivity contribution in [1.82, 2.24) is 9.97 Å². The van der Waals surface area contributed by atoms with Gasteiger partial charge in [0, 0.05) is 36.4 Å². The number of hydrogen-bond donors (Lipinski definition) is 2. The van der Waals surface area contributed by atoms with Gasteiger partial charge in [0.25, 0.3) is 0 Å². The van der Waals surface area contributed by atoms with Crippen LogP contribution in [0.15, 0.2) is 43.2 Å². The Balaban J connectivity index is 2.27. The fourth-order valence-electron chi connectivity index (χ4n) is 1.82. The molecule has 0 unspecified atom stereocenters. The van der Waals surface area contributed by atoms with Gasteiger partial charge in [-0.05, 0) is 30.2 Å². The molecule has 2 aromatic rings. The molecule has 4 nitrogen and oxygen atoms in total. The molecule has 0 atom stereocenters. The van der Waals surface area contributed by atoms with Gasteiger partial charge in [-0.25, -0.2) is 9.97 Å². The van der Waals surface area contributed by atoms with Gasteiger partial charge in [-0.2, -0.15) is 0 Å². The minimum atomic E-state index is 0.589. The lowest BCUT2D eigenvalue weighted by atomic mass is 10.0. The smallest absolute Gasteiger partial charge is 0.227 e. The summed E-state index contributed by atoms with van der Waals surface area (Å²) in [7, 11) is 1.91. The van der Waals surface area contributed by atoms with Crippen molar-refractivity contribution in [2.75, 3.05) is 17.7 Å². The molecule has 0 aliphatic carbocycles. The maximum atomic E-state index is 4.14. The third kappa shape index (κ3) is 3.10. The van der Waals surface area contributed by atoms with Crippen LogP contribution in [0.5, 0.6) is 0 Å². The molecule has 0 saturated heterocycles. The van der Waals surface area contributed by atoms with Gasteiger partial charge < -0.3 is 10.6 Å². The molecule has 0 radical (unpaired) electrons. The van der Waals surface area contributed by atoms with Crippen molar-refractivity contribution in [1.29, 1.82) is 0 Å². The summed E-state index contributed by atoms with van der Waals surface area (Å²) in [6.45, 7) is 6.18. The van der Waals surface area contributed by atoms with E-state index in [0.29, 0.717) is 5.95 Å². The molecule has 0 fully saturated rings. The lowest BCUT2D eigenvalue weighted by Gasteiger charge is -2.13. The fourth-order valence-corrected chi connectivity index (χ4v) is 1.82. The summed E-state index contributed by atoms with van der Waals surface area (Å²) in [4.78, 5) is 8.29. The number of benzene rings is 1. The Bertz CT molecular complexity index is 564. The zero-order valence-electron chi connectivity index (χ0n) is 11.3. The number of nitrogens with zero attached hydrogens (tertiary/aromatic N) is 2. The Morgan fingerprint density at radius 1 is 1.26 bits per heavy atom. The molecule has 0 amide bonds. The molecule has 0 saturated carbocycles. The van der Waals surface area contributed by atoms with Crippen LogP contribution in [0.3, 0.4) is 0 Å². The molecule has 98 valence electrons. The molecular weight excluding hydrogens is 236 g/mol. The normalized spacial score (nSPS) is 10.0. The number of anilines is 3. The van der Waals surface area contributed by atoms with Crippen LogP contribution in [0.2, 0.25) is 0 Å². The molecule has 0 aliphatic rings. The number of allylic oxidation sites excluding steroid dienone is 1. The first kappa shape index (κ1) is 13.1. The molecule has 0 bridgehead atoms. The van der Waals surface area contributed by atoms with E-state index in [1.807, 2.05) is 19.2 Å². The average Bonchev–Trinajstić information content (AvgIpc) is 2.47. The summed E-state index contributed by atoms with van der Waals surface area (Å²) in [6.07, 6.45) is 4.35. The van der Waals surface area contributed by atoms with E-state index in [0.717, 1.165) is 28.9 Å². The highest BCUT2D eigenvalue weighted by Gasteiger charge is 2.05. The van der Waals surface area contributed by atoms with Crippen LogP contribution in [0.1, 0.15) is 18.9 Å². The first-order valence-electron chi connectivity index (χ1n) is 6.28. The van der Waals surface area contributed by atoms with E-state index in [4.69, 9.17) is 0 Å². The van der Waals surface area contributed by atoms with Crippen LogP contribution >= 0.6 is 0 Å². The van der Waals surface area contributed by atoms with E-state index in [2.05, 4.69) is 40.2 Å². The van der Waals surface area contributed by atoms with Crippen LogP contribution in [-0.4, -0.2) is 17.0 Å². The summed E-state index contributed by atoms with van der Waals surface area (Å²) in [6, 6.07) is 7.89. The van der Waals surface area contributed by atoms with Gasteiger partial charge in [-0.3, -0.25) is 0 Å². The fraction of sp³-hybridized carbons (Fsp3) is 0.200. The standard InChI is InChI=1S/C15H18N4/c1-4-11(2)13-7-6-12(10-14(13)16-3)19-15-17-8-5-9-18-15/h5-10,16H,2,4H2,1,3H3,(H,17,18,19). The molecule has 1 aromatic heterocycles. The van der Waals surface area contributed by atoms with Crippen molar-refractivity contribution < 1.29 is 0 Å². The molecule has 2 rings (SSSR count). The Morgan fingerprint density at radius 3 is 2.63 bits per heavy atom. The predicted octanol–water partition coefficient (Wildman–Crippen LogP) is 3.69. The lowest BCUT2D eigenvalue weighted by molar-refractivity contribution is 1.17. The minimum Gasteiger partial charge on any atom is -0.388 e. The topological polar surface area (TPSA) is 49.8 Å². The molecule has 19 heavy (non-hydrogen) atoms. The molecule has 4 heteroatoms. The van der Waals surface area contributed by atoms with Gasteiger partial charge in [-0.15, -0.1) is 0 Å². The predicted molar refractivity (Wildman–Crippen MR) is 80.6 cm³/mol. The average molecular weight is 254 g/mol. The maximum Gasteiger partial charge on any atom is 0.227 e. The van der Waals surface area contributed by atoms with E-state index >= 15 is 0 Å². The van der Waals surface area contributed by atoms with E-state index in [9.17, 15) is 0 Å². The molecule has 0 aliphatic heterocycles. The highest BCUT2D eigenvalue weighted by Crippen LogP contribution is 2.28. The number of rotatable bonds is 5. The quantitative estimate of drug-likeness (QED) is 0.854. The second-order valence-corrected chi connectivity index (χ2v) is 4.16. The van der Waals surface area contributed by atoms with E-state index < -0.39 is 0 Å². The Kier molecular flexibility index (Phi) is 4.13. The van der Waals surface area contributed by atoms with Crippen LogP contribution < -0.4 is 10.6 Å². The van der Waals surface area contributed by atoms with Gasteiger partial charge in [0.1, 0.15) is 0 Å². The number of aromatic nitrogens is 2. The van der Waals surface area contributed by atoms with Gasteiger partial charge in [0.2, 0.25) is 5.95 Å². The Morgan fingerprint density at radius 2 is 2.00 bits per heavy atom. The summed E-state index contributed by atoms with van der Waals surface area (Å²) >= 11 is 0. The molecule has 0 spiro atoms. The summed E-state index contributed by atoms with van der Waals surface area (Å²) < 4.78 is 0. The SMILES string of the molecule is C=C(CC)c1ccc(Nc2ncccn2)cc1NC. The van der Waals surface area contributed by atoms with Gasteiger partial charge in [0.15, 0.2) is 0 Å². The Hall–Kier alpha value is -2.36. The highest BCUT2D eigenvalue weighted by atomic mass is 15.1. The van der Waals surface area contributed by atoms with Gasteiger partial charge in [0.05, 0.1) is 0 Å². The number of nitrogens with one attached hydrogen (secondary N) is 2. The second-order valence-electron chi connectivity index (χ2n) is 4.16. The second kappa shape index (κ2) is 6.00. The van der Waals surface area contributed by atoms with Crippen LogP contribution in [0.4, 0.5) is 17.3 Å². The highest BCUT2D eigenvalue weighted by molar-refractivity contribution is 5.78. The van der Waals surface area contributed by atoms with Crippen molar-refractivity contribution >= 4 is 22.9 Å². The van der Waals surface area contributed by atoms with E-state index in [1.54, 1.807) is 18.5 Å². The van der Waals surface area contributed by atoms with Crippen molar-refractivity contribution in [3.63, 3.8) is 0 Å². The van der Waals surface area contributed by atoms with Crippen LogP contribution in [0.25, 0.3) is 5.57 Å². The lowest BCUT2D eigenvalue weighted by Crippen LogP contribution is -1.99. The molecular formula is C15H18N4. The molecule has 1 aromatic carbocycles. The van der Waals surface area contributed by atoms with Gasteiger partial charge in [-0.1, -0.05) is 19.6 Å². The van der Waals surface area contributed by atoms with Crippen molar-refractivity contribution in [3.8, 4) is 0 Å². The largest absolute Gasteiger partial charge is 0.388 e. The van der Waals surface area contributed by atoms with E-state index in [1.165, 1.54) is 0 Å². The van der Waals surface area contributed by atoms with Crippen LogP contribution in [0, 0.1) is 0 Å². The third-order valence-electron chi connectivity index (χ3n) is 2.92. The minimum absolute atomic E-state index is 0.589. The van der Waals surface area contributed by atoms with E-state index in [-0.39, 0.29) is 0 Å². The summed E-state index contributed by atoms with van der Waals surface area (Å²) in [5.74, 6) is 0.589. The first-order valence-corrected chi connectivity index (χ1v) is 6.28. The number of hydrogen-bond acceptors (Lipinski definition) is 4. The zero-order chi connectivity index (χ0) is 13.7. The zero-order valence-corrected chi connectivity index (χ0v) is 11.3. The van der Waals surface area contributed by atoms with Crippen molar-refractivity contribution in [2.45, 2.75) is 13.3 Å². The third-order valence-corrected chi connectivity index (χ3v) is 2.92. The monoisotopic (exact) mass is 254 g/mol. The van der Waals surface area contributed by atoms with Crippen molar-refractivity contribution in [3.05, 3.63) is 48.8 Å². The first-order chi connectivity index (χ1) is 9.24. The molecule has 1 heterocycles. The summed E-state index contributed by atoms with van der Waals surface area (Å²) in [5.41, 5.74) is 4.26. The van der Waals surface area contributed by atoms with Crippen LogP contribution in [-0.2, 0) is 0 Å². The summed E-state index contributed by atoms with van der Waals surface area (Å²) in [5, 5.41) is 6.37. The maximum absolute atomic E-state index is 4.14. The Labute approximate surface area is 113 Å². The van der Waals surface area contributed by atoms with Crippen molar-refractivity contribution in [2.24, 2.45) is 0 Å². The van der Waals surface area contributed by atoms with Gasteiger partial charge >= 0.3 is 0 Å².